The van der Waals surface area contributed by atoms with Gasteiger partial charge in [0, 0.05) is 23.4 Å². The van der Waals surface area contributed by atoms with E-state index >= 15 is 0 Å². The SMILES string of the molecule is O=C(Nc1ccc([C@@H](O)[C@H]2COCC(=O)N2Cc2ccccc2F)cc1)c1cccc(F)c1. The molecular formula is C25H22F2N2O4. The number of anilines is 1. The van der Waals surface area contributed by atoms with E-state index in [1.807, 2.05) is 0 Å². The van der Waals surface area contributed by atoms with Gasteiger partial charge in [-0.2, -0.15) is 0 Å². The van der Waals surface area contributed by atoms with Crippen LogP contribution in [0.1, 0.15) is 27.6 Å². The lowest BCUT2D eigenvalue weighted by atomic mass is 9.99. The summed E-state index contributed by atoms with van der Waals surface area (Å²) >= 11 is 0. The van der Waals surface area contributed by atoms with Crippen LogP contribution in [0.25, 0.3) is 0 Å². The van der Waals surface area contributed by atoms with Crippen molar-refractivity contribution >= 4 is 17.5 Å². The normalized spacial score (nSPS) is 17.0. The lowest BCUT2D eigenvalue weighted by Crippen LogP contribution is -2.51. The molecule has 0 bridgehead atoms. The highest BCUT2D eigenvalue weighted by Crippen LogP contribution is 2.27. The van der Waals surface area contributed by atoms with Crippen molar-refractivity contribution in [1.82, 2.24) is 4.90 Å². The van der Waals surface area contributed by atoms with Crippen LogP contribution >= 0.6 is 0 Å². The molecule has 1 fully saturated rings. The Hall–Kier alpha value is -3.62. The second kappa shape index (κ2) is 9.89. The van der Waals surface area contributed by atoms with Gasteiger partial charge >= 0.3 is 0 Å². The summed E-state index contributed by atoms with van der Waals surface area (Å²) in [5.41, 5.74) is 1.49. The fraction of sp³-hybridized carbons (Fsp3) is 0.200. The number of amides is 2. The zero-order chi connectivity index (χ0) is 23.4. The van der Waals surface area contributed by atoms with Crippen LogP contribution in [0.3, 0.4) is 0 Å². The summed E-state index contributed by atoms with van der Waals surface area (Å²) < 4.78 is 32.8. The van der Waals surface area contributed by atoms with Crippen LogP contribution in [0, 0.1) is 11.6 Å². The fourth-order valence-electron chi connectivity index (χ4n) is 3.72. The molecule has 1 saturated heterocycles. The summed E-state index contributed by atoms with van der Waals surface area (Å²) in [6.07, 6.45) is -1.09. The molecule has 0 radical (unpaired) electrons. The molecule has 6 nitrogen and oxygen atoms in total. The molecular weight excluding hydrogens is 430 g/mol. The monoisotopic (exact) mass is 452 g/mol. The number of nitrogens with zero attached hydrogens (tertiary/aromatic N) is 1. The molecule has 0 saturated carbocycles. The van der Waals surface area contributed by atoms with Crippen LogP contribution in [-0.4, -0.2) is 41.1 Å². The van der Waals surface area contributed by atoms with Crippen molar-refractivity contribution in [3.05, 3.63) is 101 Å². The first-order valence-electron chi connectivity index (χ1n) is 10.4. The molecule has 0 spiro atoms. The van der Waals surface area contributed by atoms with Crippen LogP contribution in [0.5, 0.6) is 0 Å². The first-order chi connectivity index (χ1) is 15.9. The van der Waals surface area contributed by atoms with E-state index in [2.05, 4.69) is 5.32 Å². The Bertz CT molecular complexity index is 1150. The van der Waals surface area contributed by atoms with E-state index in [0.29, 0.717) is 16.8 Å². The van der Waals surface area contributed by atoms with E-state index in [4.69, 9.17) is 4.74 Å². The maximum atomic E-state index is 14.1. The van der Waals surface area contributed by atoms with E-state index in [1.165, 1.54) is 29.2 Å². The largest absolute Gasteiger partial charge is 0.386 e. The van der Waals surface area contributed by atoms with Gasteiger partial charge in [-0.1, -0.05) is 36.4 Å². The minimum atomic E-state index is -1.09. The lowest BCUT2D eigenvalue weighted by molar-refractivity contribution is -0.155. The highest BCUT2D eigenvalue weighted by molar-refractivity contribution is 6.04. The number of aliphatic hydroxyl groups is 1. The number of ether oxygens (including phenoxy) is 1. The topological polar surface area (TPSA) is 78.9 Å². The molecule has 0 aliphatic carbocycles. The number of hydrogen-bond donors (Lipinski definition) is 2. The predicted octanol–water partition coefficient (Wildman–Crippen LogP) is 3.68. The van der Waals surface area contributed by atoms with Crippen molar-refractivity contribution in [2.75, 3.05) is 18.5 Å². The van der Waals surface area contributed by atoms with E-state index in [0.717, 1.165) is 6.07 Å². The zero-order valence-corrected chi connectivity index (χ0v) is 17.6. The minimum absolute atomic E-state index is 0.0123. The summed E-state index contributed by atoms with van der Waals surface area (Å²) in [7, 11) is 0. The van der Waals surface area contributed by atoms with E-state index in [-0.39, 0.29) is 31.2 Å². The molecule has 1 aliphatic heterocycles. The van der Waals surface area contributed by atoms with Crippen LogP contribution in [0.15, 0.2) is 72.8 Å². The van der Waals surface area contributed by atoms with Crippen molar-refractivity contribution in [2.45, 2.75) is 18.7 Å². The maximum Gasteiger partial charge on any atom is 0.255 e. The molecule has 1 aliphatic rings. The number of hydrogen-bond acceptors (Lipinski definition) is 4. The third-order valence-corrected chi connectivity index (χ3v) is 5.49. The number of rotatable bonds is 6. The van der Waals surface area contributed by atoms with Gasteiger partial charge in [0.15, 0.2) is 0 Å². The average molecular weight is 452 g/mol. The number of carbonyl (C=O) groups is 2. The summed E-state index contributed by atoms with van der Waals surface area (Å²) in [6.45, 7) is -0.0273. The van der Waals surface area contributed by atoms with Crippen molar-refractivity contribution in [3.8, 4) is 0 Å². The van der Waals surface area contributed by atoms with Crippen LogP contribution in [-0.2, 0) is 16.1 Å². The average Bonchev–Trinajstić information content (AvgIpc) is 2.82. The van der Waals surface area contributed by atoms with Crippen LogP contribution in [0.2, 0.25) is 0 Å². The number of carbonyl (C=O) groups excluding carboxylic acids is 2. The molecule has 1 heterocycles. The van der Waals surface area contributed by atoms with Gasteiger partial charge in [-0.25, -0.2) is 8.78 Å². The summed E-state index contributed by atoms with van der Waals surface area (Å²) in [5.74, 6) is -1.74. The molecule has 0 aromatic heterocycles. The second-order valence-corrected chi connectivity index (χ2v) is 7.73. The Labute approximate surface area is 189 Å². The van der Waals surface area contributed by atoms with E-state index in [9.17, 15) is 23.5 Å². The molecule has 2 atom stereocenters. The summed E-state index contributed by atoms with van der Waals surface area (Å²) in [5, 5.41) is 13.6. The Kier molecular flexibility index (Phi) is 6.76. The highest BCUT2D eigenvalue weighted by atomic mass is 19.1. The molecule has 3 aromatic carbocycles. The zero-order valence-electron chi connectivity index (χ0n) is 17.6. The van der Waals surface area contributed by atoms with Gasteiger partial charge in [-0.15, -0.1) is 0 Å². The van der Waals surface area contributed by atoms with Gasteiger partial charge in [-0.05, 0) is 42.0 Å². The molecule has 2 N–H and O–H groups in total. The maximum absolute atomic E-state index is 14.1. The van der Waals surface area contributed by atoms with Crippen molar-refractivity contribution in [3.63, 3.8) is 0 Å². The van der Waals surface area contributed by atoms with Crippen molar-refractivity contribution < 1.29 is 28.2 Å². The second-order valence-electron chi connectivity index (χ2n) is 7.73. The molecule has 3 aromatic rings. The number of morpholine rings is 1. The highest BCUT2D eigenvalue weighted by Gasteiger charge is 2.35. The number of nitrogens with one attached hydrogen (secondary N) is 1. The van der Waals surface area contributed by atoms with Crippen molar-refractivity contribution in [2.24, 2.45) is 0 Å². The van der Waals surface area contributed by atoms with Gasteiger partial charge in [-0.3, -0.25) is 9.59 Å². The van der Waals surface area contributed by atoms with Crippen LogP contribution in [0.4, 0.5) is 14.5 Å². The standard InChI is InChI=1S/C25H22F2N2O4/c26-19-6-3-5-17(12-19)25(32)28-20-10-8-16(9-11-20)24(31)22-14-33-15-23(30)29(22)13-18-4-1-2-7-21(18)27/h1-12,22,24,31H,13-15H2,(H,28,32)/t22-,24-/m1/s1. The van der Waals surface area contributed by atoms with Crippen molar-refractivity contribution in [1.29, 1.82) is 0 Å². The predicted molar refractivity (Wildman–Crippen MR) is 117 cm³/mol. The molecule has 33 heavy (non-hydrogen) atoms. The molecule has 0 unspecified atom stereocenters. The summed E-state index contributed by atoms with van der Waals surface area (Å²) in [6, 6.07) is 17.2. The number of halogens is 2. The van der Waals surface area contributed by atoms with E-state index in [1.54, 1.807) is 42.5 Å². The lowest BCUT2D eigenvalue weighted by Gasteiger charge is -2.38. The van der Waals surface area contributed by atoms with Gasteiger partial charge in [0.1, 0.15) is 24.3 Å². The van der Waals surface area contributed by atoms with Gasteiger partial charge in [0.25, 0.3) is 5.91 Å². The van der Waals surface area contributed by atoms with Gasteiger partial charge in [0.05, 0.1) is 12.6 Å². The third kappa shape index (κ3) is 5.24. The third-order valence-electron chi connectivity index (χ3n) is 5.49. The van der Waals surface area contributed by atoms with Crippen LogP contribution < -0.4 is 5.32 Å². The van der Waals surface area contributed by atoms with Gasteiger partial charge in [0.2, 0.25) is 5.91 Å². The molecule has 170 valence electrons. The van der Waals surface area contributed by atoms with Gasteiger partial charge < -0.3 is 20.1 Å². The smallest absolute Gasteiger partial charge is 0.255 e. The number of benzene rings is 3. The quantitative estimate of drug-likeness (QED) is 0.598. The Balaban J connectivity index is 1.48. The Morgan fingerprint density at radius 3 is 2.58 bits per heavy atom. The number of aliphatic hydroxyl groups excluding tert-OH is 1. The first-order valence-corrected chi connectivity index (χ1v) is 10.4. The molecule has 8 heteroatoms. The fourth-order valence-corrected chi connectivity index (χ4v) is 3.72. The Morgan fingerprint density at radius 2 is 1.85 bits per heavy atom. The summed E-state index contributed by atoms with van der Waals surface area (Å²) in [4.78, 5) is 26.2. The first kappa shape index (κ1) is 22.6. The molecule has 4 rings (SSSR count). The minimum Gasteiger partial charge on any atom is -0.386 e. The van der Waals surface area contributed by atoms with E-state index < -0.39 is 29.7 Å². The Morgan fingerprint density at radius 1 is 1.09 bits per heavy atom. The molecule has 2 amide bonds.